The summed E-state index contributed by atoms with van der Waals surface area (Å²) in [5, 5.41) is 0. The average molecular weight is 413 g/mol. The number of fused-ring (bicyclic) bond motifs is 1. The van der Waals surface area contributed by atoms with Crippen molar-refractivity contribution in [3.05, 3.63) is 63.1 Å². The van der Waals surface area contributed by atoms with E-state index in [0.717, 1.165) is 49.4 Å². The molecule has 4 rings (SSSR count). The zero-order valence-corrected chi connectivity index (χ0v) is 17.5. The monoisotopic (exact) mass is 412 g/mol. The summed E-state index contributed by atoms with van der Waals surface area (Å²) in [4.78, 5) is 36.9. The van der Waals surface area contributed by atoms with Crippen LogP contribution in [-0.2, 0) is 24.3 Å². The van der Waals surface area contributed by atoms with E-state index in [-0.39, 0.29) is 23.2 Å². The lowest BCUT2D eigenvalue weighted by atomic mass is 9.96. The van der Waals surface area contributed by atoms with Crippen LogP contribution >= 0.6 is 0 Å². The lowest BCUT2D eigenvalue weighted by molar-refractivity contribution is -0.132. The quantitative estimate of drug-likeness (QED) is 0.820. The summed E-state index contributed by atoms with van der Waals surface area (Å²) < 4.78 is 13.5. The van der Waals surface area contributed by atoms with Gasteiger partial charge >= 0.3 is 0 Å². The van der Waals surface area contributed by atoms with Gasteiger partial charge in [0, 0.05) is 38.4 Å². The first kappa shape index (κ1) is 20.7. The molecule has 1 amide bonds. The number of hydrogen-bond acceptors (Lipinski definition) is 4. The predicted molar refractivity (Wildman–Crippen MR) is 113 cm³/mol. The predicted octanol–water partition coefficient (Wildman–Crippen LogP) is 2.97. The number of amides is 1. The second-order valence-corrected chi connectivity index (χ2v) is 8.40. The molecule has 0 unspecified atom stereocenters. The SMILES string of the molecule is CCCC(=O)N1CCc2nc([C@@H]3CCCN(Cc4cccc(F)c4)C3)[nH]c(=O)c2C1. The zero-order chi connectivity index (χ0) is 21.1. The standard InChI is InChI=1S/C23H29FN4O2/c1-2-5-21(29)28-11-9-20-19(15-28)23(30)26-22(25-20)17-7-4-10-27(14-17)13-16-6-3-8-18(24)12-16/h3,6,8,12,17H,2,4-5,7,9-11,13-15H2,1H3,(H,25,26,30)/t17-/m1/s1. The van der Waals surface area contributed by atoms with Crippen molar-refractivity contribution >= 4 is 5.91 Å². The van der Waals surface area contributed by atoms with Gasteiger partial charge in [-0.2, -0.15) is 0 Å². The molecule has 2 aromatic rings. The first-order valence-corrected chi connectivity index (χ1v) is 10.9. The van der Waals surface area contributed by atoms with Gasteiger partial charge in [-0.1, -0.05) is 19.1 Å². The van der Waals surface area contributed by atoms with Crippen LogP contribution in [0.1, 0.15) is 61.2 Å². The number of hydrogen-bond donors (Lipinski definition) is 1. The number of halogens is 1. The molecule has 0 radical (unpaired) electrons. The van der Waals surface area contributed by atoms with Crippen molar-refractivity contribution in [1.82, 2.24) is 19.8 Å². The van der Waals surface area contributed by atoms with Gasteiger partial charge in [0.1, 0.15) is 11.6 Å². The van der Waals surface area contributed by atoms with Crippen molar-refractivity contribution in [2.75, 3.05) is 19.6 Å². The molecule has 0 saturated carbocycles. The number of aromatic amines is 1. The number of nitrogens with one attached hydrogen (secondary N) is 1. The van der Waals surface area contributed by atoms with Gasteiger partial charge in [-0.05, 0) is 43.5 Å². The Hall–Kier alpha value is -2.54. The van der Waals surface area contributed by atoms with Gasteiger partial charge in [0.15, 0.2) is 0 Å². The molecule has 1 aromatic heterocycles. The first-order valence-electron chi connectivity index (χ1n) is 10.9. The van der Waals surface area contributed by atoms with Crippen molar-refractivity contribution in [2.45, 2.75) is 58.0 Å². The Morgan fingerprint density at radius 1 is 1.33 bits per heavy atom. The number of rotatable bonds is 5. The fraction of sp³-hybridized carbons (Fsp3) is 0.522. The topological polar surface area (TPSA) is 69.3 Å². The highest BCUT2D eigenvalue weighted by molar-refractivity contribution is 5.76. The lowest BCUT2D eigenvalue weighted by Gasteiger charge is -2.33. The van der Waals surface area contributed by atoms with Crippen LogP contribution in [-0.4, -0.2) is 45.3 Å². The second kappa shape index (κ2) is 9.08. The Balaban J connectivity index is 1.47. The van der Waals surface area contributed by atoms with Gasteiger partial charge in [-0.3, -0.25) is 14.5 Å². The van der Waals surface area contributed by atoms with E-state index in [0.29, 0.717) is 38.0 Å². The molecule has 1 atom stereocenters. The molecule has 1 fully saturated rings. The minimum atomic E-state index is -0.215. The summed E-state index contributed by atoms with van der Waals surface area (Å²) in [6.07, 6.45) is 3.94. The molecule has 7 heteroatoms. The van der Waals surface area contributed by atoms with E-state index in [4.69, 9.17) is 4.98 Å². The van der Waals surface area contributed by atoms with Gasteiger partial charge < -0.3 is 9.88 Å². The van der Waals surface area contributed by atoms with E-state index >= 15 is 0 Å². The fourth-order valence-corrected chi connectivity index (χ4v) is 4.54. The second-order valence-electron chi connectivity index (χ2n) is 8.40. The van der Waals surface area contributed by atoms with Crippen molar-refractivity contribution in [3.8, 4) is 0 Å². The van der Waals surface area contributed by atoms with Gasteiger partial charge in [0.2, 0.25) is 5.91 Å². The van der Waals surface area contributed by atoms with Crippen LogP contribution in [0.4, 0.5) is 4.39 Å². The largest absolute Gasteiger partial charge is 0.338 e. The third-order valence-electron chi connectivity index (χ3n) is 6.09. The third kappa shape index (κ3) is 4.61. The number of likely N-dealkylation sites (tertiary alicyclic amines) is 1. The van der Waals surface area contributed by atoms with Crippen LogP contribution < -0.4 is 5.56 Å². The van der Waals surface area contributed by atoms with E-state index in [1.54, 1.807) is 17.0 Å². The molecule has 1 N–H and O–H groups in total. The molecule has 2 aliphatic rings. The van der Waals surface area contributed by atoms with Crippen molar-refractivity contribution in [2.24, 2.45) is 0 Å². The summed E-state index contributed by atoms with van der Waals surface area (Å²) in [6.45, 7) is 5.40. The number of benzene rings is 1. The number of nitrogens with zero attached hydrogens (tertiary/aromatic N) is 3. The zero-order valence-electron chi connectivity index (χ0n) is 17.5. The van der Waals surface area contributed by atoms with E-state index in [9.17, 15) is 14.0 Å². The smallest absolute Gasteiger partial charge is 0.256 e. The maximum Gasteiger partial charge on any atom is 0.256 e. The van der Waals surface area contributed by atoms with Crippen molar-refractivity contribution < 1.29 is 9.18 Å². The van der Waals surface area contributed by atoms with E-state index in [2.05, 4.69) is 9.88 Å². The molecule has 3 heterocycles. The Morgan fingerprint density at radius 2 is 2.20 bits per heavy atom. The van der Waals surface area contributed by atoms with Crippen LogP contribution in [0.2, 0.25) is 0 Å². The number of aromatic nitrogens is 2. The minimum Gasteiger partial charge on any atom is -0.338 e. The number of piperidine rings is 1. The van der Waals surface area contributed by atoms with Gasteiger partial charge in [0.25, 0.3) is 5.56 Å². The van der Waals surface area contributed by atoms with Gasteiger partial charge in [0.05, 0.1) is 17.8 Å². The highest BCUT2D eigenvalue weighted by Gasteiger charge is 2.28. The molecule has 0 spiro atoms. The summed E-state index contributed by atoms with van der Waals surface area (Å²) in [7, 11) is 0. The van der Waals surface area contributed by atoms with E-state index in [1.165, 1.54) is 6.07 Å². The number of carbonyl (C=O) groups is 1. The minimum absolute atomic E-state index is 0.104. The highest BCUT2D eigenvalue weighted by atomic mass is 19.1. The van der Waals surface area contributed by atoms with Gasteiger partial charge in [-0.25, -0.2) is 9.37 Å². The molecule has 1 aromatic carbocycles. The maximum atomic E-state index is 13.5. The Morgan fingerprint density at radius 3 is 3.00 bits per heavy atom. The summed E-state index contributed by atoms with van der Waals surface area (Å²) in [5.74, 6) is 0.793. The van der Waals surface area contributed by atoms with Crippen molar-refractivity contribution in [3.63, 3.8) is 0 Å². The Bertz CT molecular complexity index is 974. The molecule has 160 valence electrons. The molecule has 30 heavy (non-hydrogen) atoms. The molecule has 6 nitrogen and oxygen atoms in total. The van der Waals surface area contributed by atoms with Crippen LogP contribution in [0.25, 0.3) is 0 Å². The van der Waals surface area contributed by atoms with Crippen LogP contribution in [0, 0.1) is 5.82 Å². The maximum absolute atomic E-state index is 13.5. The first-order chi connectivity index (χ1) is 14.5. The fourth-order valence-electron chi connectivity index (χ4n) is 4.54. The normalized spacial score (nSPS) is 19.5. The third-order valence-corrected chi connectivity index (χ3v) is 6.09. The van der Waals surface area contributed by atoms with E-state index < -0.39 is 0 Å². The summed E-state index contributed by atoms with van der Waals surface area (Å²) >= 11 is 0. The molecule has 2 aliphatic heterocycles. The van der Waals surface area contributed by atoms with Gasteiger partial charge in [-0.15, -0.1) is 0 Å². The van der Waals surface area contributed by atoms with Crippen LogP contribution in [0.5, 0.6) is 0 Å². The molecule has 0 aliphatic carbocycles. The van der Waals surface area contributed by atoms with E-state index in [1.807, 2.05) is 13.0 Å². The Kier molecular flexibility index (Phi) is 6.27. The molecular formula is C23H29FN4O2. The highest BCUT2D eigenvalue weighted by Crippen LogP contribution is 2.26. The average Bonchev–Trinajstić information content (AvgIpc) is 2.74. The summed E-state index contributed by atoms with van der Waals surface area (Å²) in [5.41, 5.74) is 2.30. The summed E-state index contributed by atoms with van der Waals surface area (Å²) in [6, 6.07) is 6.72. The molecule has 0 bridgehead atoms. The molecule has 1 saturated heterocycles. The van der Waals surface area contributed by atoms with Crippen LogP contribution in [0.15, 0.2) is 29.1 Å². The molecular weight excluding hydrogens is 383 g/mol. The van der Waals surface area contributed by atoms with Crippen LogP contribution in [0.3, 0.4) is 0 Å². The number of H-pyrrole nitrogens is 1. The Labute approximate surface area is 176 Å². The van der Waals surface area contributed by atoms with Crippen molar-refractivity contribution in [1.29, 1.82) is 0 Å². The number of carbonyl (C=O) groups excluding carboxylic acids is 1. The lowest BCUT2D eigenvalue weighted by Crippen LogP contribution is -2.40.